The van der Waals surface area contributed by atoms with Gasteiger partial charge in [-0.1, -0.05) is 68.7 Å². The first kappa shape index (κ1) is 51.3. The Morgan fingerprint density at radius 1 is 0.919 bits per heavy atom. The van der Waals surface area contributed by atoms with Gasteiger partial charge in [-0.15, -0.1) is 0 Å². The van der Waals surface area contributed by atoms with Crippen LogP contribution in [0.3, 0.4) is 0 Å². The molecule has 0 radical (unpaired) electrons. The van der Waals surface area contributed by atoms with E-state index >= 15 is 0 Å². The molecule has 348 valence electrons. The molecule has 3 fully saturated rings. The van der Waals surface area contributed by atoms with Crippen molar-refractivity contribution in [2.45, 2.75) is 179 Å². The van der Waals surface area contributed by atoms with Gasteiger partial charge in [0.05, 0.1) is 12.2 Å². The zero-order chi connectivity index (χ0) is 45.5. The highest BCUT2D eigenvalue weighted by Gasteiger charge is 2.57. The lowest BCUT2D eigenvalue weighted by molar-refractivity contribution is -0.306. The van der Waals surface area contributed by atoms with Gasteiger partial charge in [-0.3, -0.25) is 24.5 Å². The van der Waals surface area contributed by atoms with Crippen molar-refractivity contribution < 1.29 is 52.8 Å². The molecule has 13 heteroatoms. The predicted molar refractivity (Wildman–Crippen MR) is 237 cm³/mol. The summed E-state index contributed by atoms with van der Waals surface area (Å²) in [7, 11) is 6.53. The van der Waals surface area contributed by atoms with Gasteiger partial charge in [-0.2, -0.15) is 0 Å². The molecule has 1 aliphatic carbocycles. The molecule has 4 rings (SSSR count). The van der Waals surface area contributed by atoms with Crippen molar-refractivity contribution in [3.63, 3.8) is 0 Å². The van der Waals surface area contributed by atoms with E-state index in [4.69, 9.17) is 23.7 Å². The Morgan fingerprint density at radius 3 is 2.39 bits per heavy atom. The average Bonchev–Trinajstić information content (AvgIpc) is 3.27. The molecule has 2 saturated heterocycles. The number of carbonyl (C=O) groups excluding carboxylic acids is 5. The molecule has 3 aliphatic heterocycles. The number of hydrogen-bond acceptors (Lipinski definition) is 12. The van der Waals surface area contributed by atoms with E-state index < -0.39 is 59.4 Å². The van der Waals surface area contributed by atoms with E-state index in [-0.39, 0.29) is 55.8 Å². The van der Waals surface area contributed by atoms with E-state index in [0.29, 0.717) is 57.3 Å². The summed E-state index contributed by atoms with van der Waals surface area (Å²) < 4.78 is 29.8. The minimum absolute atomic E-state index is 0.00832. The van der Waals surface area contributed by atoms with Gasteiger partial charge in [0.15, 0.2) is 5.78 Å². The second-order valence-electron chi connectivity index (χ2n) is 18.3. The molecule has 3 heterocycles. The fourth-order valence-electron chi connectivity index (χ4n) is 9.56. The van der Waals surface area contributed by atoms with Crippen molar-refractivity contribution in [1.29, 1.82) is 0 Å². The van der Waals surface area contributed by atoms with Gasteiger partial charge >= 0.3 is 5.97 Å². The van der Waals surface area contributed by atoms with Gasteiger partial charge in [-0.05, 0) is 103 Å². The fourth-order valence-corrected chi connectivity index (χ4v) is 9.56. The average molecular weight is 869 g/mol. The third kappa shape index (κ3) is 14.1. The van der Waals surface area contributed by atoms with Crippen molar-refractivity contribution in [1.82, 2.24) is 10.2 Å². The SMILES string of the molecule is CN[C@@]12CC[C@@H](C)[C@@](O)(O1)C(=O)C(=O)N1CCCC[C@H]1C(=O)O[C@H]([C@H](C)CC1CCC[C@H](OC)C1)CC(=O)C/C=C(\C)C[C@@H](OC)C(=O)CCC/C=C/C=C/C=C(\C)[C@@H](OC)C2. The summed E-state index contributed by atoms with van der Waals surface area (Å²) in [5, 5.41) is 15.3. The molecular weight excluding hydrogens is 793 g/mol. The number of carbonyl (C=O) groups is 5. The number of ketones is 3. The Bertz CT molecular complexity index is 1650. The first-order valence-electron chi connectivity index (χ1n) is 23.1. The van der Waals surface area contributed by atoms with E-state index in [1.807, 2.05) is 57.2 Å². The number of cyclic esters (lactones) is 1. The van der Waals surface area contributed by atoms with Crippen molar-refractivity contribution in [2.24, 2.45) is 17.8 Å². The maximum Gasteiger partial charge on any atom is 0.329 e. The summed E-state index contributed by atoms with van der Waals surface area (Å²) in [6, 6.07) is -1.08. The Balaban J connectivity index is 1.66. The lowest BCUT2D eigenvalue weighted by atomic mass is 9.79. The maximum absolute atomic E-state index is 14.3. The normalized spacial score (nSPS) is 37.0. The number of hydrogen-bond donors (Lipinski definition) is 2. The van der Waals surface area contributed by atoms with Crippen LogP contribution in [0, 0.1) is 17.8 Å². The summed E-state index contributed by atoms with van der Waals surface area (Å²) in [5.74, 6) is -5.97. The van der Waals surface area contributed by atoms with Crippen molar-refractivity contribution in [3.8, 4) is 0 Å². The highest BCUT2D eigenvalue weighted by Crippen LogP contribution is 2.41. The van der Waals surface area contributed by atoms with Crippen LogP contribution in [0.15, 0.2) is 47.6 Å². The number of fused-ring (bicyclic) bond motifs is 3. The van der Waals surface area contributed by atoms with E-state index in [2.05, 4.69) is 5.32 Å². The second kappa shape index (κ2) is 24.7. The van der Waals surface area contributed by atoms with Crippen molar-refractivity contribution >= 4 is 29.2 Å². The van der Waals surface area contributed by atoms with Gasteiger partial charge < -0.3 is 33.7 Å². The highest BCUT2D eigenvalue weighted by molar-refractivity contribution is 6.39. The fraction of sp³-hybridized carbons (Fsp3) is 0.735. The lowest BCUT2D eigenvalue weighted by Crippen LogP contribution is -2.66. The van der Waals surface area contributed by atoms with Crippen molar-refractivity contribution in [2.75, 3.05) is 34.9 Å². The van der Waals surface area contributed by atoms with Gasteiger partial charge in [0.1, 0.15) is 29.8 Å². The van der Waals surface area contributed by atoms with Crippen LogP contribution >= 0.6 is 0 Å². The molecule has 10 atom stereocenters. The van der Waals surface area contributed by atoms with Gasteiger partial charge in [0.25, 0.3) is 11.7 Å². The smallest absolute Gasteiger partial charge is 0.329 e. The number of esters is 1. The van der Waals surface area contributed by atoms with E-state index in [0.717, 1.165) is 43.3 Å². The largest absolute Gasteiger partial charge is 0.460 e. The van der Waals surface area contributed by atoms with E-state index in [1.165, 1.54) is 12.0 Å². The van der Waals surface area contributed by atoms with E-state index in [1.54, 1.807) is 28.2 Å². The molecule has 0 aromatic rings. The van der Waals surface area contributed by atoms with Gasteiger partial charge in [0.2, 0.25) is 5.79 Å². The van der Waals surface area contributed by atoms with Crippen LogP contribution in [-0.2, 0) is 47.7 Å². The van der Waals surface area contributed by atoms with Crippen LogP contribution in [0.25, 0.3) is 0 Å². The Kier molecular flexibility index (Phi) is 20.4. The number of methoxy groups -OCH3 is 3. The molecule has 13 nitrogen and oxygen atoms in total. The highest BCUT2D eigenvalue weighted by atomic mass is 16.7. The number of allylic oxidation sites excluding steroid dienone is 6. The molecule has 2 bridgehead atoms. The summed E-state index contributed by atoms with van der Waals surface area (Å²) in [5.41, 5.74) is 0.515. The van der Waals surface area contributed by atoms with Crippen LogP contribution < -0.4 is 5.32 Å². The zero-order valence-electron chi connectivity index (χ0n) is 38.8. The summed E-state index contributed by atoms with van der Waals surface area (Å²) in [6.45, 7) is 7.62. The van der Waals surface area contributed by atoms with Crippen LogP contribution in [-0.4, -0.2) is 116 Å². The maximum atomic E-state index is 14.3. The molecule has 0 spiro atoms. The molecule has 1 saturated carbocycles. The number of aliphatic hydroxyl groups is 1. The molecule has 0 aromatic heterocycles. The summed E-state index contributed by atoms with van der Waals surface area (Å²) in [4.78, 5) is 71.0. The number of nitrogens with one attached hydrogen (secondary N) is 1. The minimum atomic E-state index is -2.48. The number of piperidine rings is 1. The molecule has 2 N–H and O–H groups in total. The summed E-state index contributed by atoms with van der Waals surface area (Å²) >= 11 is 0. The third-order valence-electron chi connectivity index (χ3n) is 13.8. The Hall–Kier alpha value is -3.33. The zero-order valence-corrected chi connectivity index (χ0v) is 38.8. The predicted octanol–water partition coefficient (Wildman–Crippen LogP) is 7.05. The number of amides is 1. The quantitative estimate of drug-likeness (QED) is 0.152. The molecule has 4 aliphatic rings. The molecular formula is C49H76N2O11. The number of rotatable bonds is 7. The van der Waals surface area contributed by atoms with E-state index in [9.17, 15) is 29.1 Å². The number of ether oxygens (including phenoxy) is 5. The van der Waals surface area contributed by atoms with Crippen molar-refractivity contribution in [3.05, 3.63) is 47.6 Å². The van der Waals surface area contributed by atoms with Gasteiger partial charge in [0, 0.05) is 65.9 Å². The van der Waals surface area contributed by atoms with Crippen LogP contribution in [0.4, 0.5) is 0 Å². The monoisotopic (exact) mass is 869 g/mol. The number of Topliss-reactive ketones (excluding diaryl/α,β-unsaturated/α-hetero) is 3. The molecule has 1 unspecified atom stereocenters. The van der Waals surface area contributed by atoms with Gasteiger partial charge in [-0.25, -0.2) is 4.79 Å². The topological polar surface area (TPSA) is 167 Å². The first-order chi connectivity index (χ1) is 29.6. The number of nitrogens with zero attached hydrogens (tertiary/aromatic N) is 1. The second-order valence-corrected chi connectivity index (χ2v) is 18.3. The molecule has 0 aromatic carbocycles. The minimum Gasteiger partial charge on any atom is -0.460 e. The first-order valence-corrected chi connectivity index (χ1v) is 23.1. The Labute approximate surface area is 370 Å². The standard InChI is InChI=1S/C49H76N2O11/c1-33-23-24-38(52)31-42(35(3)29-37-19-17-20-39(30-37)58-6)61-47(56)40-21-15-16-27-51(40)46(55)45(54)49(57)36(4)25-26-48(50-5,62-49)32-44(60-8)34(2)18-13-11-9-10-12-14-22-41(53)43(28-33)59-7/h9-11,13,18,23,35-37,39-40,42-44,50,57H,12,14-17,19-22,24-32H2,1-8H3/b10-9+,13-11+,33-23+,34-18+/t35-,36-,37?,39+,40+,42+,43-,44+,48+,49-/m1/s1. The summed E-state index contributed by atoms with van der Waals surface area (Å²) in [6.07, 6.45) is 19.1. The van der Waals surface area contributed by atoms with Crippen LogP contribution in [0.2, 0.25) is 0 Å². The lowest BCUT2D eigenvalue weighted by Gasteiger charge is -2.49. The Morgan fingerprint density at radius 2 is 1.68 bits per heavy atom. The van der Waals surface area contributed by atoms with Crippen LogP contribution in [0.5, 0.6) is 0 Å². The third-order valence-corrected chi connectivity index (χ3v) is 13.8. The molecule has 1 amide bonds. The van der Waals surface area contributed by atoms with Crippen LogP contribution in [0.1, 0.15) is 137 Å². The molecule has 62 heavy (non-hydrogen) atoms.